The molecule has 0 aromatic heterocycles. The maximum absolute atomic E-state index is 4.74. The summed E-state index contributed by atoms with van der Waals surface area (Å²) in [5.41, 5.74) is 2.97. The van der Waals surface area contributed by atoms with E-state index in [1.54, 1.807) is 0 Å². The van der Waals surface area contributed by atoms with Gasteiger partial charge in [0.2, 0.25) is 0 Å². The summed E-state index contributed by atoms with van der Waals surface area (Å²) in [6.07, 6.45) is 6.45. The number of benzene rings is 1. The first-order valence-electron chi connectivity index (χ1n) is 16.7. The Kier molecular flexibility index (Phi) is 10.5. The third kappa shape index (κ3) is 7.17. The molecule has 8 heteroatoms. The van der Waals surface area contributed by atoms with E-state index < -0.39 is 0 Å². The van der Waals surface area contributed by atoms with Crippen LogP contribution in [0.4, 0.5) is 0 Å². The molecule has 5 bridgehead atoms. The van der Waals surface area contributed by atoms with Crippen LogP contribution in [0.25, 0.3) is 0 Å². The SMILES string of the molecule is CCCCNC12CNCCNCC3(NCc4ccc(C(C)(C)C(C)S)cc4)CNCCC[N+]4(C1)C(CCNC3)C4C2. The zero-order valence-electron chi connectivity index (χ0n) is 26.5. The van der Waals surface area contributed by atoms with E-state index in [-0.39, 0.29) is 16.5 Å². The fraction of sp³-hybridized carbons (Fsp3) is 0.818. The molecular formula is C33H60N7S+. The molecule has 6 aliphatic heterocycles. The van der Waals surface area contributed by atoms with E-state index in [0.29, 0.717) is 5.25 Å². The zero-order valence-corrected chi connectivity index (χ0v) is 27.4. The molecule has 232 valence electrons. The molecule has 6 saturated heterocycles. The van der Waals surface area contributed by atoms with Gasteiger partial charge in [-0.25, -0.2) is 0 Å². The van der Waals surface area contributed by atoms with Gasteiger partial charge < -0.3 is 36.4 Å². The standard InChI is InChI=1S/C33H59N7S/c1-5-6-14-38-32-19-30-29-12-15-35-23-33(24-37-17-16-36-21-32,22-34-13-7-18-40(29,30)25-32)39-20-27-8-10-28(11-9-27)31(3,4)26(2)41/h8-11,26,29-30,34-39H,5-7,12-25H2,1-4H3/p+1. The Balaban J connectivity index is 1.28. The number of hydrogen-bond acceptors (Lipinski definition) is 7. The normalized spacial score (nSPS) is 35.5. The third-order valence-electron chi connectivity index (χ3n) is 11.2. The van der Waals surface area contributed by atoms with E-state index in [4.69, 9.17) is 12.6 Å². The van der Waals surface area contributed by atoms with Gasteiger partial charge in [-0.05, 0) is 24.1 Å². The molecular weight excluding hydrogens is 526 g/mol. The van der Waals surface area contributed by atoms with Crippen molar-refractivity contribution in [3.05, 3.63) is 35.4 Å². The summed E-state index contributed by atoms with van der Waals surface area (Å²) >= 11 is 4.74. The van der Waals surface area contributed by atoms with Gasteiger partial charge in [0.25, 0.3) is 0 Å². The Morgan fingerprint density at radius 3 is 2.27 bits per heavy atom. The molecule has 1 spiro atoms. The van der Waals surface area contributed by atoms with E-state index >= 15 is 0 Å². The maximum atomic E-state index is 4.74. The number of unbranched alkanes of at least 4 members (excludes halogenated alkanes) is 1. The van der Waals surface area contributed by atoms with Crippen molar-refractivity contribution in [1.82, 2.24) is 31.9 Å². The number of piperidine rings is 1. The quantitative estimate of drug-likeness (QED) is 0.104. The average Bonchev–Trinajstić information content (AvgIpc) is 3.36. The molecule has 1 aromatic rings. The summed E-state index contributed by atoms with van der Waals surface area (Å²) in [6, 6.07) is 10.9. The van der Waals surface area contributed by atoms with Crippen molar-refractivity contribution in [2.24, 2.45) is 0 Å². The molecule has 6 N–H and O–H groups in total. The van der Waals surface area contributed by atoms with E-state index in [1.807, 2.05) is 0 Å². The highest BCUT2D eigenvalue weighted by Crippen LogP contribution is 2.53. The smallest absolute Gasteiger partial charge is 0.144 e. The summed E-state index contributed by atoms with van der Waals surface area (Å²) in [7, 11) is 0. The first-order valence-corrected chi connectivity index (χ1v) is 17.2. The molecule has 6 atom stereocenters. The Bertz CT molecular complexity index is 971. The van der Waals surface area contributed by atoms with Gasteiger partial charge in [0.05, 0.1) is 24.2 Å². The van der Waals surface area contributed by atoms with Crippen molar-refractivity contribution in [3.8, 4) is 0 Å². The van der Waals surface area contributed by atoms with Crippen LogP contribution in [-0.4, -0.2) is 105 Å². The summed E-state index contributed by atoms with van der Waals surface area (Å²) < 4.78 is 1.37. The molecule has 6 heterocycles. The van der Waals surface area contributed by atoms with Gasteiger partial charge in [0, 0.05) is 88.8 Å². The predicted molar refractivity (Wildman–Crippen MR) is 176 cm³/mol. The summed E-state index contributed by atoms with van der Waals surface area (Å²) in [4.78, 5) is 0. The number of nitrogens with zero attached hydrogens (tertiary/aromatic N) is 1. The lowest BCUT2D eigenvalue weighted by Crippen LogP contribution is -2.63. The predicted octanol–water partition coefficient (Wildman–Crippen LogP) is 2.38. The van der Waals surface area contributed by atoms with E-state index in [1.165, 1.54) is 60.8 Å². The number of quaternary nitrogens is 1. The van der Waals surface area contributed by atoms with Gasteiger partial charge in [-0.2, -0.15) is 12.6 Å². The molecule has 0 saturated carbocycles. The van der Waals surface area contributed by atoms with Crippen molar-refractivity contribution in [3.63, 3.8) is 0 Å². The molecule has 0 radical (unpaired) electrons. The van der Waals surface area contributed by atoms with Crippen LogP contribution in [0, 0.1) is 0 Å². The second-order valence-corrected chi connectivity index (χ2v) is 15.2. The number of fused-ring (bicyclic) bond motifs is 4. The van der Waals surface area contributed by atoms with Crippen LogP contribution in [-0.2, 0) is 12.0 Å². The number of hydrogen-bond donors (Lipinski definition) is 7. The van der Waals surface area contributed by atoms with Crippen LogP contribution in [0.15, 0.2) is 24.3 Å². The van der Waals surface area contributed by atoms with Crippen molar-refractivity contribution >= 4 is 12.6 Å². The summed E-state index contributed by atoms with van der Waals surface area (Å²) in [5.74, 6) is 0. The van der Waals surface area contributed by atoms with E-state index in [2.05, 4.69) is 83.9 Å². The Labute approximate surface area is 256 Å². The molecule has 41 heavy (non-hydrogen) atoms. The molecule has 7 rings (SSSR count). The van der Waals surface area contributed by atoms with Crippen LogP contribution in [0.3, 0.4) is 0 Å². The minimum absolute atomic E-state index is 0.0442. The summed E-state index contributed by atoms with van der Waals surface area (Å²) in [5, 5.41) is 23.9. The van der Waals surface area contributed by atoms with Crippen LogP contribution in [0.5, 0.6) is 0 Å². The number of nitrogens with one attached hydrogen (secondary N) is 6. The second-order valence-electron chi connectivity index (χ2n) is 14.5. The monoisotopic (exact) mass is 586 g/mol. The number of thiol groups is 1. The van der Waals surface area contributed by atoms with Gasteiger partial charge in [0.15, 0.2) is 0 Å². The fourth-order valence-corrected chi connectivity index (χ4v) is 8.22. The molecule has 0 amide bonds. The first kappa shape index (κ1) is 31.7. The highest BCUT2D eigenvalue weighted by molar-refractivity contribution is 7.81. The molecule has 1 aromatic carbocycles. The highest BCUT2D eigenvalue weighted by atomic mass is 32.1. The molecule has 6 unspecified atom stereocenters. The fourth-order valence-electron chi connectivity index (χ4n) is 8.07. The van der Waals surface area contributed by atoms with E-state index in [9.17, 15) is 0 Å². The van der Waals surface area contributed by atoms with Gasteiger partial charge in [0.1, 0.15) is 12.1 Å². The van der Waals surface area contributed by atoms with Gasteiger partial charge in [-0.15, -0.1) is 0 Å². The minimum atomic E-state index is -0.0442. The lowest BCUT2D eigenvalue weighted by molar-refractivity contribution is -0.819. The minimum Gasteiger partial charge on any atom is -0.315 e. The lowest BCUT2D eigenvalue weighted by Gasteiger charge is -2.37. The average molecular weight is 587 g/mol. The van der Waals surface area contributed by atoms with Crippen molar-refractivity contribution in [2.75, 3.05) is 72.0 Å². The zero-order chi connectivity index (χ0) is 29.0. The van der Waals surface area contributed by atoms with Crippen molar-refractivity contribution < 1.29 is 4.48 Å². The van der Waals surface area contributed by atoms with Crippen LogP contribution < -0.4 is 31.9 Å². The van der Waals surface area contributed by atoms with Gasteiger partial charge in [-0.3, -0.25) is 0 Å². The van der Waals surface area contributed by atoms with Crippen molar-refractivity contribution in [1.29, 1.82) is 0 Å². The van der Waals surface area contributed by atoms with Gasteiger partial charge >= 0.3 is 0 Å². The molecule has 0 aliphatic carbocycles. The Morgan fingerprint density at radius 2 is 1.59 bits per heavy atom. The van der Waals surface area contributed by atoms with Gasteiger partial charge in [-0.1, -0.05) is 58.4 Å². The number of rotatable bonds is 9. The molecule has 6 aliphatic rings. The summed E-state index contributed by atoms with van der Waals surface area (Å²) in [6.45, 7) is 21.9. The van der Waals surface area contributed by atoms with Crippen LogP contribution >= 0.6 is 12.6 Å². The largest absolute Gasteiger partial charge is 0.315 e. The van der Waals surface area contributed by atoms with Crippen molar-refractivity contribution in [2.45, 2.75) is 100 Å². The Hall–Kier alpha value is -0.710. The second kappa shape index (κ2) is 13.5. The highest BCUT2D eigenvalue weighted by Gasteiger charge is 2.73. The first-order chi connectivity index (χ1) is 19.7. The topological polar surface area (TPSA) is 72.2 Å². The third-order valence-corrected chi connectivity index (χ3v) is 11.8. The van der Waals surface area contributed by atoms with E-state index in [0.717, 1.165) is 77.5 Å². The van der Waals surface area contributed by atoms with Crippen LogP contribution in [0.1, 0.15) is 70.9 Å². The lowest BCUT2D eigenvalue weighted by atomic mass is 9.81. The molecule has 6 fully saturated rings. The van der Waals surface area contributed by atoms with Crippen LogP contribution in [0.2, 0.25) is 0 Å². The maximum Gasteiger partial charge on any atom is 0.144 e. The Morgan fingerprint density at radius 1 is 0.927 bits per heavy atom. The molecule has 7 nitrogen and oxygen atoms in total.